The van der Waals surface area contributed by atoms with Crippen molar-refractivity contribution < 1.29 is 13.2 Å². The summed E-state index contributed by atoms with van der Waals surface area (Å²) >= 11 is 0. The van der Waals surface area contributed by atoms with E-state index in [1.807, 2.05) is 6.07 Å². The third-order valence-corrected chi connectivity index (χ3v) is 3.87. The van der Waals surface area contributed by atoms with Crippen LogP contribution in [0.2, 0.25) is 0 Å². The number of benzene rings is 2. The van der Waals surface area contributed by atoms with Crippen LogP contribution in [-0.4, -0.2) is 16.2 Å². The van der Waals surface area contributed by atoms with Crippen LogP contribution in [0.1, 0.15) is 16.7 Å². The summed E-state index contributed by atoms with van der Waals surface area (Å²) in [6.07, 6.45) is -3.46. The van der Waals surface area contributed by atoms with Crippen LogP contribution in [0.5, 0.6) is 0 Å². The summed E-state index contributed by atoms with van der Waals surface area (Å²) in [4.78, 5) is 8.39. The molecule has 140 valence electrons. The van der Waals surface area contributed by atoms with E-state index in [1.54, 1.807) is 24.3 Å². The van der Waals surface area contributed by atoms with E-state index in [-0.39, 0.29) is 23.0 Å². The van der Waals surface area contributed by atoms with Gasteiger partial charge in [0.15, 0.2) is 5.82 Å². The summed E-state index contributed by atoms with van der Waals surface area (Å²) < 4.78 is 38.2. The number of hydrogen-bond acceptors (Lipinski definition) is 6. The van der Waals surface area contributed by atoms with Crippen LogP contribution in [-0.2, 0) is 6.18 Å². The van der Waals surface area contributed by atoms with Gasteiger partial charge in [-0.2, -0.15) is 18.4 Å². The van der Waals surface area contributed by atoms with Crippen molar-refractivity contribution in [3.63, 3.8) is 0 Å². The van der Waals surface area contributed by atoms with Crippen LogP contribution in [0.15, 0.2) is 48.5 Å². The lowest BCUT2D eigenvalue weighted by Crippen LogP contribution is -2.08. The number of nitrogens with one attached hydrogen (secondary N) is 2. The first-order valence-corrected chi connectivity index (χ1v) is 7.94. The Bertz CT molecular complexity index is 1050. The predicted octanol–water partition coefficient (Wildman–Crippen LogP) is 4.36. The molecular formula is C19H13F3N6. The van der Waals surface area contributed by atoms with E-state index in [4.69, 9.17) is 16.4 Å². The molecule has 1 heterocycles. The molecule has 9 heteroatoms. The van der Waals surface area contributed by atoms with Gasteiger partial charge in [-0.05, 0) is 36.4 Å². The smallest absolute Gasteiger partial charge is 0.383 e. The molecule has 0 amide bonds. The van der Waals surface area contributed by atoms with E-state index in [1.165, 1.54) is 12.1 Å². The van der Waals surface area contributed by atoms with Gasteiger partial charge in [-0.15, -0.1) is 0 Å². The second-order valence-electron chi connectivity index (χ2n) is 5.73. The van der Waals surface area contributed by atoms with Gasteiger partial charge in [0.25, 0.3) is 0 Å². The number of halogens is 3. The lowest BCUT2D eigenvalue weighted by molar-refractivity contribution is -0.137. The van der Waals surface area contributed by atoms with E-state index in [0.29, 0.717) is 16.8 Å². The fourth-order valence-corrected chi connectivity index (χ4v) is 2.43. The summed E-state index contributed by atoms with van der Waals surface area (Å²) in [5.74, 6) is 0.353. The molecule has 0 aliphatic carbocycles. The van der Waals surface area contributed by atoms with Crippen molar-refractivity contribution in [2.45, 2.75) is 6.18 Å². The Balaban J connectivity index is 2.00. The quantitative estimate of drug-likeness (QED) is 0.581. The van der Waals surface area contributed by atoms with Gasteiger partial charge in [0, 0.05) is 17.5 Å². The van der Waals surface area contributed by atoms with Crippen molar-refractivity contribution in [1.82, 2.24) is 9.97 Å². The highest BCUT2D eigenvalue weighted by molar-refractivity contribution is 5.92. The Morgan fingerprint density at radius 1 is 1.04 bits per heavy atom. The van der Waals surface area contributed by atoms with E-state index in [2.05, 4.69) is 15.3 Å². The van der Waals surface area contributed by atoms with Crippen LogP contribution in [0, 0.1) is 16.7 Å². The van der Waals surface area contributed by atoms with Crippen LogP contribution < -0.4 is 11.1 Å². The van der Waals surface area contributed by atoms with Crippen LogP contribution in [0.25, 0.3) is 11.4 Å². The maximum Gasteiger partial charge on any atom is 0.416 e. The summed E-state index contributed by atoms with van der Waals surface area (Å²) in [6, 6.07) is 12.9. The van der Waals surface area contributed by atoms with Gasteiger partial charge in [0.05, 0.1) is 22.8 Å². The molecule has 0 saturated heterocycles. The number of nitrogens with zero attached hydrogens (tertiary/aromatic N) is 3. The minimum Gasteiger partial charge on any atom is -0.383 e. The molecule has 0 bridgehead atoms. The molecule has 0 atom stereocenters. The molecule has 4 N–H and O–H groups in total. The number of anilines is 3. The maximum atomic E-state index is 12.7. The molecule has 1 aromatic heterocycles. The molecule has 3 aromatic rings. The van der Waals surface area contributed by atoms with Crippen molar-refractivity contribution in [3.05, 3.63) is 65.2 Å². The van der Waals surface area contributed by atoms with Gasteiger partial charge in [0.2, 0.25) is 0 Å². The first kappa shape index (κ1) is 18.8. The Morgan fingerprint density at radius 3 is 2.21 bits per heavy atom. The standard InChI is InChI=1S/C19H13F3N6/c20-19(21,22)13-5-3-12(4-6-13)17-27-16(25)15(10-24)18(28-17)26-14-7-1-11(9-23)2-8-14/h1-8,10,24H,(H3,25,26,27,28). The fraction of sp³-hybridized carbons (Fsp3) is 0.0526. The highest BCUT2D eigenvalue weighted by Crippen LogP contribution is 2.31. The molecule has 0 unspecified atom stereocenters. The van der Waals surface area contributed by atoms with Crippen molar-refractivity contribution in [3.8, 4) is 17.5 Å². The number of rotatable bonds is 4. The molecule has 0 aliphatic heterocycles. The van der Waals surface area contributed by atoms with E-state index >= 15 is 0 Å². The molecule has 0 fully saturated rings. The van der Waals surface area contributed by atoms with Crippen LogP contribution in [0.4, 0.5) is 30.5 Å². The van der Waals surface area contributed by atoms with Gasteiger partial charge in [-0.1, -0.05) is 12.1 Å². The Hall–Kier alpha value is -3.93. The van der Waals surface area contributed by atoms with Crippen molar-refractivity contribution in [2.24, 2.45) is 0 Å². The normalized spacial score (nSPS) is 10.9. The van der Waals surface area contributed by atoms with Crippen molar-refractivity contribution >= 4 is 23.5 Å². The zero-order chi connectivity index (χ0) is 20.3. The summed E-state index contributed by atoms with van der Waals surface area (Å²) in [5.41, 5.74) is 6.78. The van der Waals surface area contributed by atoms with Gasteiger partial charge in [0.1, 0.15) is 11.6 Å². The lowest BCUT2D eigenvalue weighted by atomic mass is 10.1. The molecule has 0 radical (unpaired) electrons. The maximum absolute atomic E-state index is 12.7. The minimum absolute atomic E-state index is 0.0102. The average molecular weight is 382 g/mol. The molecule has 28 heavy (non-hydrogen) atoms. The molecule has 0 spiro atoms. The second kappa shape index (κ2) is 7.36. The highest BCUT2D eigenvalue weighted by Gasteiger charge is 2.30. The largest absolute Gasteiger partial charge is 0.416 e. The third-order valence-electron chi connectivity index (χ3n) is 3.87. The predicted molar refractivity (Wildman–Crippen MR) is 99.2 cm³/mol. The summed E-state index contributed by atoms with van der Waals surface area (Å²) in [7, 11) is 0. The SMILES string of the molecule is N#Cc1ccc(Nc2nc(-c3ccc(C(F)(F)F)cc3)nc(N)c2C=N)cc1. The fourth-order valence-electron chi connectivity index (χ4n) is 2.43. The first-order valence-electron chi connectivity index (χ1n) is 7.94. The van der Waals surface area contributed by atoms with Crippen LogP contribution in [0.3, 0.4) is 0 Å². The molecule has 0 aliphatic rings. The Labute approximate surface area is 158 Å². The number of aromatic nitrogens is 2. The molecule has 0 saturated carbocycles. The van der Waals surface area contributed by atoms with Gasteiger partial charge < -0.3 is 16.5 Å². The summed E-state index contributed by atoms with van der Waals surface area (Å²) in [5, 5.41) is 19.4. The Kier molecular flexibility index (Phi) is 4.96. The molecule has 6 nitrogen and oxygen atoms in total. The van der Waals surface area contributed by atoms with E-state index in [9.17, 15) is 13.2 Å². The minimum atomic E-state index is -4.44. The number of nitriles is 1. The van der Waals surface area contributed by atoms with Crippen LogP contribution >= 0.6 is 0 Å². The molecule has 3 rings (SSSR count). The third kappa shape index (κ3) is 3.91. The van der Waals surface area contributed by atoms with Gasteiger partial charge in [-0.3, -0.25) is 0 Å². The van der Waals surface area contributed by atoms with Gasteiger partial charge >= 0.3 is 6.18 Å². The topological polar surface area (TPSA) is 111 Å². The van der Waals surface area contributed by atoms with Crippen molar-refractivity contribution in [2.75, 3.05) is 11.1 Å². The monoisotopic (exact) mass is 382 g/mol. The van der Waals surface area contributed by atoms with Gasteiger partial charge in [-0.25, -0.2) is 9.97 Å². The zero-order valence-corrected chi connectivity index (χ0v) is 14.2. The average Bonchev–Trinajstić information content (AvgIpc) is 2.68. The number of hydrogen-bond donors (Lipinski definition) is 3. The van der Waals surface area contributed by atoms with E-state index < -0.39 is 11.7 Å². The van der Waals surface area contributed by atoms with Crippen molar-refractivity contribution in [1.29, 1.82) is 10.7 Å². The number of nitrogen functional groups attached to an aromatic ring is 1. The molecular weight excluding hydrogens is 369 g/mol. The Morgan fingerprint density at radius 2 is 1.68 bits per heavy atom. The zero-order valence-electron chi connectivity index (χ0n) is 14.2. The molecule has 2 aromatic carbocycles. The number of nitrogens with two attached hydrogens (primary N) is 1. The van der Waals surface area contributed by atoms with E-state index in [0.717, 1.165) is 18.3 Å². The lowest BCUT2D eigenvalue weighted by Gasteiger charge is -2.13. The number of alkyl halides is 3. The first-order chi connectivity index (χ1) is 13.3. The highest BCUT2D eigenvalue weighted by atomic mass is 19.4. The second-order valence-corrected chi connectivity index (χ2v) is 5.73. The summed E-state index contributed by atoms with van der Waals surface area (Å²) in [6.45, 7) is 0.